The lowest BCUT2D eigenvalue weighted by Gasteiger charge is -2.34. The number of nitrogens with zero attached hydrogens (tertiary/aromatic N) is 3. The molecule has 0 spiro atoms. The van der Waals surface area contributed by atoms with Crippen molar-refractivity contribution in [3.63, 3.8) is 0 Å². The van der Waals surface area contributed by atoms with E-state index in [0.717, 1.165) is 25.7 Å². The molecule has 1 saturated heterocycles. The lowest BCUT2D eigenvalue weighted by Crippen LogP contribution is -2.53. The van der Waals surface area contributed by atoms with Crippen molar-refractivity contribution >= 4 is 29.1 Å². The van der Waals surface area contributed by atoms with E-state index in [-0.39, 0.29) is 11.8 Å². The number of hydrogen-bond donors (Lipinski definition) is 2. The molecule has 2 fully saturated rings. The quantitative estimate of drug-likeness (QED) is 0.756. The second-order valence-corrected chi connectivity index (χ2v) is 7.94. The predicted octanol–water partition coefficient (Wildman–Crippen LogP) is 1.85. The molecule has 1 heterocycles. The van der Waals surface area contributed by atoms with Gasteiger partial charge in [0.15, 0.2) is 0 Å². The third-order valence-corrected chi connectivity index (χ3v) is 5.73. The van der Waals surface area contributed by atoms with Crippen LogP contribution < -0.4 is 10.6 Å². The van der Waals surface area contributed by atoms with Crippen LogP contribution in [0.3, 0.4) is 0 Å². The summed E-state index contributed by atoms with van der Waals surface area (Å²) >= 11 is 6.07. The van der Waals surface area contributed by atoms with Gasteiger partial charge in [0.1, 0.15) is 5.54 Å². The van der Waals surface area contributed by atoms with Crippen LogP contribution in [0.2, 0.25) is 5.02 Å². The van der Waals surface area contributed by atoms with Gasteiger partial charge in [-0.3, -0.25) is 19.4 Å². The van der Waals surface area contributed by atoms with E-state index in [9.17, 15) is 14.9 Å². The van der Waals surface area contributed by atoms with Gasteiger partial charge in [0.2, 0.25) is 11.8 Å². The van der Waals surface area contributed by atoms with Gasteiger partial charge in [-0.2, -0.15) is 5.26 Å². The minimum absolute atomic E-state index is 0.0895. The highest BCUT2D eigenvalue weighted by molar-refractivity contribution is 6.33. The van der Waals surface area contributed by atoms with Gasteiger partial charge >= 0.3 is 0 Å². The van der Waals surface area contributed by atoms with Crippen molar-refractivity contribution in [3.05, 3.63) is 29.3 Å². The molecule has 28 heavy (non-hydrogen) atoms. The highest BCUT2D eigenvalue weighted by Gasteiger charge is 2.35. The normalized spacial score (nSPS) is 19.7. The third-order valence-electron chi connectivity index (χ3n) is 5.40. The Morgan fingerprint density at radius 1 is 1.04 bits per heavy atom. The minimum Gasteiger partial charge on any atom is -0.337 e. The van der Waals surface area contributed by atoms with Crippen LogP contribution >= 0.6 is 11.6 Å². The number of nitrogens with one attached hydrogen (secondary N) is 2. The van der Waals surface area contributed by atoms with Crippen molar-refractivity contribution in [3.8, 4) is 6.07 Å². The van der Waals surface area contributed by atoms with E-state index < -0.39 is 5.54 Å². The molecule has 1 aliphatic heterocycles. The second kappa shape index (κ2) is 9.37. The van der Waals surface area contributed by atoms with Crippen LogP contribution in [0.5, 0.6) is 0 Å². The largest absolute Gasteiger partial charge is 0.337 e. The first kappa shape index (κ1) is 20.6. The maximum Gasteiger partial charge on any atom is 0.238 e. The fourth-order valence-corrected chi connectivity index (χ4v) is 4.00. The number of halogens is 1. The van der Waals surface area contributed by atoms with Crippen molar-refractivity contribution in [1.29, 1.82) is 5.26 Å². The summed E-state index contributed by atoms with van der Waals surface area (Å²) in [4.78, 5) is 28.7. The monoisotopic (exact) mass is 403 g/mol. The van der Waals surface area contributed by atoms with Crippen molar-refractivity contribution in [2.24, 2.45) is 0 Å². The number of carbonyl (C=O) groups is 2. The van der Waals surface area contributed by atoms with E-state index in [1.165, 1.54) is 0 Å². The van der Waals surface area contributed by atoms with Crippen LogP contribution in [0, 0.1) is 11.3 Å². The fraction of sp³-hybridized carbons (Fsp3) is 0.550. The molecule has 8 heteroatoms. The zero-order valence-corrected chi connectivity index (χ0v) is 16.7. The summed E-state index contributed by atoms with van der Waals surface area (Å²) in [6.45, 7) is 3.45. The lowest BCUT2D eigenvalue weighted by atomic mass is 10.00. The first-order valence-electron chi connectivity index (χ1n) is 9.71. The van der Waals surface area contributed by atoms with Gasteiger partial charge in [-0.05, 0) is 37.8 Å². The Hall–Kier alpha value is -2.14. The van der Waals surface area contributed by atoms with E-state index >= 15 is 0 Å². The Kier molecular flexibility index (Phi) is 6.89. The molecule has 3 rings (SSSR count). The Morgan fingerprint density at radius 2 is 1.61 bits per heavy atom. The number of para-hydroxylation sites is 1. The number of benzene rings is 1. The molecule has 2 N–H and O–H groups in total. The molecule has 0 atom stereocenters. The number of rotatable bonds is 6. The maximum atomic E-state index is 12.3. The molecular weight excluding hydrogens is 378 g/mol. The van der Waals surface area contributed by atoms with Crippen LogP contribution in [-0.2, 0) is 9.59 Å². The number of nitriles is 1. The zero-order chi connectivity index (χ0) is 20.0. The van der Waals surface area contributed by atoms with Gasteiger partial charge in [-0.25, -0.2) is 0 Å². The molecule has 0 radical (unpaired) electrons. The van der Waals surface area contributed by atoms with Gasteiger partial charge < -0.3 is 10.6 Å². The Bertz CT molecular complexity index is 749. The Balaban J connectivity index is 1.39. The summed E-state index contributed by atoms with van der Waals surface area (Å²) in [5, 5.41) is 15.7. The van der Waals surface area contributed by atoms with E-state index in [1.54, 1.807) is 12.1 Å². The topological polar surface area (TPSA) is 88.5 Å². The van der Waals surface area contributed by atoms with Crippen molar-refractivity contribution < 1.29 is 9.59 Å². The molecule has 0 bridgehead atoms. The lowest BCUT2D eigenvalue weighted by molar-refractivity contribution is -0.124. The summed E-state index contributed by atoms with van der Waals surface area (Å²) in [6, 6.07) is 9.44. The van der Waals surface area contributed by atoms with Gasteiger partial charge in [-0.1, -0.05) is 23.7 Å². The fourth-order valence-electron chi connectivity index (χ4n) is 3.81. The molecule has 0 aromatic heterocycles. The van der Waals surface area contributed by atoms with E-state index in [2.05, 4.69) is 26.5 Å². The predicted molar refractivity (Wildman–Crippen MR) is 108 cm³/mol. The molecule has 2 amide bonds. The molecule has 7 nitrogen and oxygen atoms in total. The molecule has 2 aliphatic rings. The van der Waals surface area contributed by atoms with E-state index in [4.69, 9.17) is 11.6 Å². The van der Waals surface area contributed by atoms with E-state index in [1.807, 2.05) is 12.1 Å². The molecule has 1 aromatic rings. The van der Waals surface area contributed by atoms with Crippen LogP contribution in [0.4, 0.5) is 5.69 Å². The van der Waals surface area contributed by atoms with Gasteiger partial charge in [0, 0.05) is 26.2 Å². The molecule has 0 unspecified atom stereocenters. The third kappa shape index (κ3) is 5.44. The summed E-state index contributed by atoms with van der Waals surface area (Å²) in [7, 11) is 0. The van der Waals surface area contributed by atoms with E-state index in [0.29, 0.717) is 50.0 Å². The zero-order valence-electron chi connectivity index (χ0n) is 15.9. The molecule has 1 aromatic carbocycles. The number of carbonyl (C=O) groups excluding carboxylic acids is 2. The summed E-state index contributed by atoms with van der Waals surface area (Å²) in [6.07, 6.45) is 3.46. The molecule has 1 aliphatic carbocycles. The van der Waals surface area contributed by atoms with Gasteiger partial charge in [0.25, 0.3) is 0 Å². The number of amides is 2. The summed E-state index contributed by atoms with van der Waals surface area (Å²) < 4.78 is 0. The smallest absolute Gasteiger partial charge is 0.238 e. The summed E-state index contributed by atoms with van der Waals surface area (Å²) in [5.74, 6) is -0.190. The van der Waals surface area contributed by atoms with Gasteiger partial charge in [-0.15, -0.1) is 0 Å². The first-order chi connectivity index (χ1) is 13.5. The molecule has 1 saturated carbocycles. The molecule has 150 valence electrons. The second-order valence-electron chi connectivity index (χ2n) is 7.53. The van der Waals surface area contributed by atoms with Gasteiger partial charge in [0.05, 0.1) is 29.9 Å². The highest BCUT2D eigenvalue weighted by atomic mass is 35.5. The van der Waals surface area contributed by atoms with Crippen molar-refractivity contribution in [2.75, 3.05) is 44.6 Å². The maximum absolute atomic E-state index is 12.3. The number of anilines is 1. The van der Waals surface area contributed by atoms with Crippen molar-refractivity contribution in [1.82, 2.24) is 15.1 Å². The highest BCUT2D eigenvalue weighted by Crippen LogP contribution is 2.28. The number of hydrogen-bond acceptors (Lipinski definition) is 5. The average molecular weight is 404 g/mol. The minimum atomic E-state index is -0.671. The Labute approximate surface area is 170 Å². The average Bonchev–Trinajstić information content (AvgIpc) is 3.14. The molecular formula is C20H26ClN5O2. The van der Waals surface area contributed by atoms with Crippen LogP contribution in [0.1, 0.15) is 25.7 Å². The van der Waals surface area contributed by atoms with Crippen molar-refractivity contribution in [2.45, 2.75) is 31.2 Å². The standard InChI is InChI=1S/C20H26ClN5O2/c21-16-5-1-2-6-17(16)23-18(27)13-25-9-11-26(12-10-25)14-19(28)24-20(15-22)7-3-4-8-20/h1-2,5-6H,3-4,7-14H2,(H,23,27)(H,24,28). The Morgan fingerprint density at radius 3 is 2.18 bits per heavy atom. The number of piperazine rings is 1. The first-order valence-corrected chi connectivity index (χ1v) is 10.1. The van der Waals surface area contributed by atoms with Crippen LogP contribution in [0.15, 0.2) is 24.3 Å². The van der Waals surface area contributed by atoms with Crippen LogP contribution in [-0.4, -0.2) is 66.4 Å². The summed E-state index contributed by atoms with van der Waals surface area (Å²) in [5.41, 5.74) is -0.0572. The SMILES string of the molecule is N#CC1(NC(=O)CN2CCN(CC(=O)Nc3ccccc3Cl)CC2)CCCC1. The van der Waals surface area contributed by atoms with Crippen LogP contribution in [0.25, 0.3) is 0 Å².